The van der Waals surface area contributed by atoms with Crippen LogP contribution in [0.15, 0.2) is 41.3 Å². The monoisotopic (exact) mass is 331 g/mol. The molecule has 0 atom stereocenters. The van der Waals surface area contributed by atoms with Crippen molar-refractivity contribution in [3.63, 3.8) is 0 Å². The third-order valence-electron chi connectivity index (χ3n) is 3.10. The maximum Gasteiger partial charge on any atom is 0.137 e. The van der Waals surface area contributed by atoms with Crippen molar-refractivity contribution in [2.24, 2.45) is 0 Å². The summed E-state index contributed by atoms with van der Waals surface area (Å²) in [7, 11) is 0. The molecular weight excluding hydrogens is 318 g/mol. The van der Waals surface area contributed by atoms with Gasteiger partial charge < -0.3 is 5.32 Å². The summed E-state index contributed by atoms with van der Waals surface area (Å²) < 4.78 is 1.09. The highest BCUT2D eigenvalue weighted by Crippen LogP contribution is 2.27. The van der Waals surface area contributed by atoms with E-state index < -0.39 is 0 Å². The van der Waals surface area contributed by atoms with E-state index >= 15 is 0 Å². The SMILES string of the molecule is Brc1cccc2c(NCCCc3ncn[nH]3)nccc12. The Kier molecular flexibility index (Phi) is 3.92. The molecule has 0 aliphatic heterocycles. The average Bonchev–Trinajstić information content (AvgIpc) is 2.98. The van der Waals surface area contributed by atoms with E-state index in [2.05, 4.69) is 47.5 Å². The minimum atomic E-state index is 0.847. The van der Waals surface area contributed by atoms with Gasteiger partial charge in [0.1, 0.15) is 18.0 Å². The molecule has 6 heteroatoms. The summed E-state index contributed by atoms with van der Waals surface area (Å²) in [6.45, 7) is 0.847. The fraction of sp³-hybridized carbons (Fsp3) is 0.214. The van der Waals surface area contributed by atoms with Crippen LogP contribution in [0.3, 0.4) is 0 Å². The fourth-order valence-electron chi connectivity index (χ4n) is 2.12. The summed E-state index contributed by atoms with van der Waals surface area (Å²) in [4.78, 5) is 8.52. The Bertz CT molecular complexity index is 696. The molecule has 102 valence electrons. The predicted octanol–water partition coefficient (Wildman–Crippen LogP) is 3.16. The summed E-state index contributed by atoms with van der Waals surface area (Å²) in [5, 5.41) is 12.4. The molecule has 0 aliphatic carbocycles. The van der Waals surface area contributed by atoms with Crippen molar-refractivity contribution in [1.29, 1.82) is 0 Å². The number of fused-ring (bicyclic) bond motifs is 1. The molecule has 0 bridgehead atoms. The molecule has 2 heterocycles. The van der Waals surface area contributed by atoms with Crippen molar-refractivity contribution in [3.05, 3.63) is 47.1 Å². The number of H-pyrrole nitrogens is 1. The van der Waals surface area contributed by atoms with Crippen LogP contribution in [-0.2, 0) is 6.42 Å². The van der Waals surface area contributed by atoms with Gasteiger partial charge in [0.25, 0.3) is 0 Å². The van der Waals surface area contributed by atoms with Gasteiger partial charge in [-0.05, 0) is 18.6 Å². The molecule has 3 aromatic rings. The van der Waals surface area contributed by atoms with Gasteiger partial charge in [0.2, 0.25) is 0 Å². The van der Waals surface area contributed by atoms with E-state index in [0.29, 0.717) is 0 Å². The number of nitrogens with zero attached hydrogens (tertiary/aromatic N) is 3. The highest BCUT2D eigenvalue weighted by Gasteiger charge is 2.04. The molecule has 0 spiro atoms. The number of pyridine rings is 1. The van der Waals surface area contributed by atoms with Crippen LogP contribution < -0.4 is 5.32 Å². The van der Waals surface area contributed by atoms with Crippen LogP contribution in [0.1, 0.15) is 12.2 Å². The number of nitrogens with one attached hydrogen (secondary N) is 2. The summed E-state index contributed by atoms with van der Waals surface area (Å²) in [5.41, 5.74) is 0. The van der Waals surface area contributed by atoms with Gasteiger partial charge in [0.15, 0.2) is 0 Å². The Morgan fingerprint density at radius 1 is 1.15 bits per heavy atom. The highest BCUT2D eigenvalue weighted by atomic mass is 79.9. The van der Waals surface area contributed by atoms with Gasteiger partial charge in [-0.15, -0.1) is 0 Å². The van der Waals surface area contributed by atoms with Gasteiger partial charge in [0, 0.05) is 34.4 Å². The van der Waals surface area contributed by atoms with Gasteiger partial charge in [-0.3, -0.25) is 5.10 Å². The van der Waals surface area contributed by atoms with E-state index in [4.69, 9.17) is 0 Å². The zero-order valence-electron chi connectivity index (χ0n) is 10.8. The minimum Gasteiger partial charge on any atom is -0.370 e. The standard InChI is InChI=1S/C14H14BrN5/c15-12-4-1-3-11-10(12)6-8-17-14(11)16-7-2-5-13-18-9-19-20-13/h1,3-4,6,8-9H,2,5,7H2,(H,16,17)(H,18,19,20). The van der Waals surface area contributed by atoms with Gasteiger partial charge >= 0.3 is 0 Å². The van der Waals surface area contributed by atoms with Gasteiger partial charge in [-0.1, -0.05) is 28.1 Å². The Balaban J connectivity index is 1.67. The lowest BCUT2D eigenvalue weighted by atomic mass is 10.1. The van der Waals surface area contributed by atoms with Crippen LogP contribution in [-0.4, -0.2) is 26.7 Å². The summed E-state index contributed by atoms with van der Waals surface area (Å²) in [6.07, 6.45) is 5.21. The van der Waals surface area contributed by atoms with Crippen LogP contribution >= 0.6 is 15.9 Å². The summed E-state index contributed by atoms with van der Waals surface area (Å²) in [5.74, 6) is 1.83. The molecule has 0 aliphatic rings. The van der Waals surface area contributed by atoms with Crippen molar-refractivity contribution in [3.8, 4) is 0 Å². The van der Waals surface area contributed by atoms with E-state index in [-0.39, 0.29) is 0 Å². The van der Waals surface area contributed by atoms with E-state index in [1.54, 1.807) is 0 Å². The second-order valence-electron chi connectivity index (χ2n) is 4.46. The molecule has 0 unspecified atom stereocenters. The van der Waals surface area contributed by atoms with E-state index in [1.165, 1.54) is 11.7 Å². The Morgan fingerprint density at radius 3 is 2.95 bits per heavy atom. The van der Waals surface area contributed by atoms with Crippen LogP contribution in [0.2, 0.25) is 0 Å². The number of aryl methyl sites for hydroxylation is 1. The van der Waals surface area contributed by atoms with Crippen LogP contribution in [0.4, 0.5) is 5.82 Å². The van der Waals surface area contributed by atoms with E-state index in [1.807, 2.05) is 24.4 Å². The molecule has 0 amide bonds. The molecule has 3 rings (SSSR count). The number of hydrogen-bond donors (Lipinski definition) is 2. The Hall–Kier alpha value is -1.95. The number of aromatic nitrogens is 4. The first kappa shape index (κ1) is 13.1. The minimum absolute atomic E-state index is 0.847. The predicted molar refractivity (Wildman–Crippen MR) is 82.6 cm³/mol. The van der Waals surface area contributed by atoms with E-state index in [0.717, 1.165) is 40.9 Å². The lowest BCUT2D eigenvalue weighted by Crippen LogP contribution is -2.05. The lowest BCUT2D eigenvalue weighted by molar-refractivity contribution is 0.804. The Morgan fingerprint density at radius 2 is 2.10 bits per heavy atom. The normalized spacial score (nSPS) is 10.8. The number of aromatic amines is 1. The van der Waals surface area contributed by atoms with Crippen molar-refractivity contribution >= 4 is 32.5 Å². The zero-order chi connectivity index (χ0) is 13.8. The molecule has 20 heavy (non-hydrogen) atoms. The molecule has 1 aromatic carbocycles. The molecule has 0 radical (unpaired) electrons. The van der Waals surface area contributed by atoms with Gasteiger partial charge in [-0.2, -0.15) is 5.10 Å². The molecule has 0 fully saturated rings. The number of halogens is 1. The second-order valence-corrected chi connectivity index (χ2v) is 5.31. The van der Waals surface area contributed by atoms with Gasteiger partial charge in [-0.25, -0.2) is 9.97 Å². The van der Waals surface area contributed by atoms with E-state index in [9.17, 15) is 0 Å². The topological polar surface area (TPSA) is 66.5 Å². The lowest BCUT2D eigenvalue weighted by Gasteiger charge is -2.09. The average molecular weight is 332 g/mol. The third-order valence-corrected chi connectivity index (χ3v) is 3.79. The smallest absolute Gasteiger partial charge is 0.137 e. The molecule has 2 N–H and O–H groups in total. The van der Waals surface area contributed by atoms with Gasteiger partial charge in [0.05, 0.1) is 0 Å². The summed E-state index contributed by atoms with van der Waals surface area (Å²) >= 11 is 3.56. The third kappa shape index (κ3) is 2.80. The highest BCUT2D eigenvalue weighted by molar-refractivity contribution is 9.10. The zero-order valence-corrected chi connectivity index (χ0v) is 12.4. The first-order valence-corrected chi connectivity index (χ1v) is 7.25. The van der Waals surface area contributed by atoms with Crippen LogP contribution in [0, 0.1) is 0 Å². The number of hydrogen-bond acceptors (Lipinski definition) is 4. The quantitative estimate of drug-likeness (QED) is 0.705. The molecule has 5 nitrogen and oxygen atoms in total. The van der Waals surface area contributed by atoms with Crippen LogP contribution in [0.5, 0.6) is 0 Å². The maximum atomic E-state index is 4.41. The summed E-state index contributed by atoms with van der Waals surface area (Å²) in [6, 6.07) is 8.15. The fourth-order valence-corrected chi connectivity index (χ4v) is 2.62. The largest absolute Gasteiger partial charge is 0.370 e. The maximum absolute atomic E-state index is 4.41. The second kappa shape index (κ2) is 6.00. The number of rotatable bonds is 5. The van der Waals surface area contributed by atoms with Crippen molar-refractivity contribution in [2.75, 3.05) is 11.9 Å². The molecule has 0 saturated carbocycles. The first-order valence-electron chi connectivity index (χ1n) is 6.46. The molecular formula is C14H14BrN5. The number of anilines is 1. The molecule has 0 saturated heterocycles. The first-order chi connectivity index (χ1) is 9.84. The molecule has 2 aromatic heterocycles. The van der Waals surface area contributed by atoms with Crippen molar-refractivity contribution in [1.82, 2.24) is 20.2 Å². The van der Waals surface area contributed by atoms with Crippen molar-refractivity contribution in [2.45, 2.75) is 12.8 Å². The number of benzene rings is 1. The van der Waals surface area contributed by atoms with Crippen molar-refractivity contribution < 1.29 is 0 Å². The Labute approximate surface area is 125 Å². The van der Waals surface area contributed by atoms with Crippen LogP contribution in [0.25, 0.3) is 10.8 Å².